The van der Waals surface area contributed by atoms with E-state index in [0.717, 1.165) is 48.9 Å². The van der Waals surface area contributed by atoms with E-state index in [1.807, 2.05) is 0 Å². The molecular formula is C35H59N. The maximum atomic E-state index is 4.01. The number of hydrogen-bond donors (Lipinski definition) is 0. The van der Waals surface area contributed by atoms with Gasteiger partial charge in [-0.25, -0.2) is 0 Å². The van der Waals surface area contributed by atoms with Crippen molar-refractivity contribution in [3.8, 4) is 0 Å². The highest BCUT2D eigenvalue weighted by molar-refractivity contribution is 5.21. The molecule has 0 aromatic carbocycles. The second-order valence-electron chi connectivity index (χ2n) is 11.8. The van der Waals surface area contributed by atoms with Crippen LogP contribution < -0.4 is 0 Å². The van der Waals surface area contributed by atoms with Crippen molar-refractivity contribution in [3.05, 3.63) is 60.4 Å². The maximum Gasteiger partial charge on any atom is 0.0471 e. The molecular weight excluding hydrogens is 434 g/mol. The molecule has 0 spiro atoms. The predicted octanol–water partition coefficient (Wildman–Crippen LogP) is 10.7. The van der Waals surface area contributed by atoms with Gasteiger partial charge in [-0.15, -0.1) is 13.2 Å². The van der Waals surface area contributed by atoms with Crippen LogP contribution in [0.25, 0.3) is 0 Å². The summed E-state index contributed by atoms with van der Waals surface area (Å²) in [7, 11) is 0. The molecule has 1 nitrogen and oxygen atoms in total. The molecule has 0 bridgehead atoms. The molecule has 6 atom stereocenters. The number of rotatable bonds is 16. The van der Waals surface area contributed by atoms with Crippen molar-refractivity contribution in [2.45, 2.75) is 125 Å². The van der Waals surface area contributed by atoms with E-state index in [4.69, 9.17) is 0 Å². The first kappa shape index (κ1) is 30.7. The van der Waals surface area contributed by atoms with E-state index in [-0.39, 0.29) is 0 Å². The molecule has 0 heterocycles. The summed E-state index contributed by atoms with van der Waals surface area (Å²) in [5, 5.41) is 0. The Morgan fingerprint density at radius 3 is 2.53 bits per heavy atom. The monoisotopic (exact) mass is 493 g/mol. The average Bonchev–Trinajstić information content (AvgIpc) is 3.50. The van der Waals surface area contributed by atoms with Gasteiger partial charge in [0.1, 0.15) is 0 Å². The lowest BCUT2D eigenvalue weighted by atomic mass is 9.88. The van der Waals surface area contributed by atoms with Crippen LogP contribution in [0.3, 0.4) is 0 Å². The molecule has 1 fully saturated rings. The van der Waals surface area contributed by atoms with Gasteiger partial charge in [-0.3, -0.25) is 0 Å². The molecule has 0 aliphatic heterocycles. The van der Waals surface area contributed by atoms with Crippen LogP contribution in [0.4, 0.5) is 0 Å². The standard InChI is InChI=1S/C35H59N/c1-9-14-22-33(13-5)36(26-32-21-17-15-16-18-23-34-28(7)35(32)34)29(8)27(6)31(20-11-3)25-24-30(12-4)19-10-2/h9-10,16,18,22,28-30,32,34-35H,1-2,11-15,17,19-21,23-26H2,3-8H3. The third-order valence-electron chi connectivity index (χ3n) is 9.52. The molecule has 36 heavy (non-hydrogen) atoms. The second kappa shape index (κ2) is 16.4. The van der Waals surface area contributed by atoms with Crippen LogP contribution in [0.2, 0.25) is 0 Å². The van der Waals surface area contributed by atoms with Crippen LogP contribution in [0.5, 0.6) is 0 Å². The van der Waals surface area contributed by atoms with Gasteiger partial charge >= 0.3 is 0 Å². The van der Waals surface area contributed by atoms with E-state index in [0.29, 0.717) is 6.04 Å². The minimum absolute atomic E-state index is 0.459. The van der Waals surface area contributed by atoms with E-state index in [1.54, 1.807) is 11.1 Å². The number of nitrogens with zero attached hydrogens (tertiary/aromatic N) is 1. The van der Waals surface area contributed by atoms with Gasteiger partial charge in [0.2, 0.25) is 0 Å². The molecule has 0 N–H and O–H groups in total. The zero-order valence-electron chi connectivity index (χ0n) is 24.9. The summed E-state index contributed by atoms with van der Waals surface area (Å²) < 4.78 is 0. The van der Waals surface area contributed by atoms with Gasteiger partial charge in [0.15, 0.2) is 0 Å². The minimum Gasteiger partial charge on any atom is -0.368 e. The zero-order chi connectivity index (χ0) is 26.5. The Balaban J connectivity index is 2.33. The van der Waals surface area contributed by atoms with Gasteiger partial charge in [-0.1, -0.05) is 82.1 Å². The molecule has 1 heteroatoms. The molecule has 6 unspecified atom stereocenters. The van der Waals surface area contributed by atoms with Crippen molar-refractivity contribution in [1.82, 2.24) is 4.90 Å². The molecule has 0 saturated heterocycles. The fourth-order valence-electron chi connectivity index (χ4n) is 6.92. The number of hydrogen-bond acceptors (Lipinski definition) is 1. The third-order valence-corrected chi connectivity index (χ3v) is 9.52. The summed E-state index contributed by atoms with van der Waals surface area (Å²) in [5.74, 6) is 4.29. The quantitative estimate of drug-likeness (QED) is 0.193. The molecule has 204 valence electrons. The Labute approximate surface area is 225 Å². The smallest absolute Gasteiger partial charge is 0.0471 e. The topological polar surface area (TPSA) is 3.24 Å². The summed E-state index contributed by atoms with van der Waals surface area (Å²) >= 11 is 0. The van der Waals surface area contributed by atoms with E-state index in [2.05, 4.69) is 90.0 Å². The fraction of sp³-hybridized carbons (Fsp3) is 0.714. The largest absolute Gasteiger partial charge is 0.368 e. The van der Waals surface area contributed by atoms with Gasteiger partial charge in [0, 0.05) is 18.3 Å². The molecule has 0 radical (unpaired) electrons. The number of allylic oxidation sites excluding steroid dienone is 7. The zero-order valence-corrected chi connectivity index (χ0v) is 24.9. The fourth-order valence-corrected chi connectivity index (χ4v) is 6.92. The van der Waals surface area contributed by atoms with Crippen LogP contribution in [0.15, 0.2) is 60.4 Å². The molecule has 2 aliphatic rings. The second-order valence-corrected chi connectivity index (χ2v) is 11.8. The first-order valence-electron chi connectivity index (χ1n) is 15.4. The van der Waals surface area contributed by atoms with E-state index >= 15 is 0 Å². The van der Waals surface area contributed by atoms with Crippen LogP contribution in [-0.2, 0) is 0 Å². The Morgan fingerprint density at radius 2 is 1.89 bits per heavy atom. The van der Waals surface area contributed by atoms with Gasteiger partial charge in [-0.2, -0.15) is 0 Å². The summed E-state index contributed by atoms with van der Waals surface area (Å²) in [6.07, 6.45) is 26.3. The maximum absolute atomic E-state index is 4.01. The molecule has 2 aliphatic carbocycles. The van der Waals surface area contributed by atoms with E-state index in [9.17, 15) is 0 Å². The third kappa shape index (κ3) is 8.81. The number of fused-ring (bicyclic) bond motifs is 1. The summed E-state index contributed by atoms with van der Waals surface area (Å²) in [5.41, 5.74) is 4.87. The summed E-state index contributed by atoms with van der Waals surface area (Å²) in [6.45, 7) is 23.7. The first-order chi connectivity index (χ1) is 17.4. The highest BCUT2D eigenvalue weighted by atomic mass is 15.2. The molecule has 1 saturated carbocycles. The molecule has 0 aromatic rings. The lowest BCUT2D eigenvalue weighted by Crippen LogP contribution is -2.38. The molecule has 2 rings (SSSR count). The minimum atomic E-state index is 0.459. The lowest BCUT2D eigenvalue weighted by molar-refractivity contribution is 0.211. The SMILES string of the molecule is C=CCC=C(CC)N(CC1CCCC=CCC2C(C)C12)C(C)C(C)=C(CCC)CCC(CC)CC=C. The van der Waals surface area contributed by atoms with Crippen molar-refractivity contribution in [1.29, 1.82) is 0 Å². The van der Waals surface area contributed by atoms with E-state index < -0.39 is 0 Å². The van der Waals surface area contributed by atoms with Gasteiger partial charge in [0.25, 0.3) is 0 Å². The Kier molecular flexibility index (Phi) is 14.0. The van der Waals surface area contributed by atoms with E-state index in [1.165, 1.54) is 70.0 Å². The Hall–Kier alpha value is -1.50. The van der Waals surface area contributed by atoms with Crippen molar-refractivity contribution in [2.75, 3.05) is 6.54 Å². The van der Waals surface area contributed by atoms with Crippen LogP contribution >= 0.6 is 0 Å². The molecule has 0 amide bonds. The highest BCUT2D eigenvalue weighted by Crippen LogP contribution is 2.55. The lowest BCUT2D eigenvalue weighted by Gasteiger charge is -2.38. The van der Waals surface area contributed by atoms with Crippen molar-refractivity contribution in [3.63, 3.8) is 0 Å². The molecule has 0 aromatic heterocycles. The van der Waals surface area contributed by atoms with Crippen molar-refractivity contribution < 1.29 is 0 Å². The Morgan fingerprint density at radius 1 is 1.11 bits per heavy atom. The van der Waals surface area contributed by atoms with Crippen LogP contribution in [-0.4, -0.2) is 17.5 Å². The van der Waals surface area contributed by atoms with Crippen LogP contribution in [0, 0.1) is 29.6 Å². The normalized spacial score (nSPS) is 26.6. The summed E-state index contributed by atoms with van der Waals surface area (Å²) in [6, 6.07) is 0.459. The first-order valence-corrected chi connectivity index (χ1v) is 15.4. The average molecular weight is 494 g/mol. The van der Waals surface area contributed by atoms with Gasteiger partial charge in [0.05, 0.1) is 0 Å². The van der Waals surface area contributed by atoms with Crippen LogP contribution in [0.1, 0.15) is 119 Å². The Bertz CT molecular complexity index is 753. The highest BCUT2D eigenvalue weighted by Gasteiger charge is 2.50. The van der Waals surface area contributed by atoms with Gasteiger partial charge < -0.3 is 4.90 Å². The van der Waals surface area contributed by atoms with Gasteiger partial charge in [-0.05, 0) is 108 Å². The predicted molar refractivity (Wildman–Crippen MR) is 162 cm³/mol. The van der Waals surface area contributed by atoms with Crippen molar-refractivity contribution >= 4 is 0 Å². The summed E-state index contributed by atoms with van der Waals surface area (Å²) in [4.78, 5) is 2.83. The van der Waals surface area contributed by atoms with Crippen molar-refractivity contribution in [2.24, 2.45) is 29.6 Å².